The summed E-state index contributed by atoms with van der Waals surface area (Å²) in [5.41, 5.74) is -3.44. The first kappa shape index (κ1) is 15.7. The van der Waals surface area contributed by atoms with Crippen molar-refractivity contribution in [3.63, 3.8) is 0 Å². The number of thiophene rings is 1. The molecule has 1 heterocycles. The van der Waals surface area contributed by atoms with Gasteiger partial charge in [-0.2, -0.15) is 13.2 Å². The minimum absolute atomic E-state index is 0.104. The van der Waals surface area contributed by atoms with Crippen molar-refractivity contribution < 1.29 is 13.2 Å². The summed E-state index contributed by atoms with van der Waals surface area (Å²) in [5, 5.41) is 3.26. The number of alkyl halides is 3. The highest BCUT2D eigenvalue weighted by molar-refractivity contribution is 9.11. The molecule has 108 valence electrons. The topological polar surface area (TPSA) is 12.0 Å². The predicted molar refractivity (Wildman–Crippen MR) is 82.4 cm³/mol. The zero-order valence-electron chi connectivity index (χ0n) is 10.4. The Hall–Kier alpha value is -0.660. The predicted octanol–water partition coefficient (Wildman–Crippen LogP) is 6.30. The quantitative estimate of drug-likeness (QED) is 0.623. The molecule has 0 aliphatic heterocycles. The molecule has 20 heavy (non-hydrogen) atoms. The highest BCUT2D eigenvalue weighted by Gasteiger charge is 2.29. The summed E-state index contributed by atoms with van der Waals surface area (Å²) in [5.74, 6) is 0. The lowest BCUT2D eigenvalue weighted by Gasteiger charge is -2.14. The van der Waals surface area contributed by atoms with Crippen LogP contribution in [0.1, 0.15) is 17.8 Å². The molecule has 0 fully saturated rings. The minimum atomic E-state index is -4.24. The van der Waals surface area contributed by atoms with E-state index in [0.29, 0.717) is 0 Å². The molecule has 1 aromatic heterocycles. The van der Waals surface area contributed by atoms with E-state index in [4.69, 9.17) is 0 Å². The highest BCUT2D eigenvalue weighted by atomic mass is 79.9. The molecule has 0 saturated heterocycles. The van der Waals surface area contributed by atoms with E-state index in [1.54, 1.807) is 23.5 Å². The summed E-state index contributed by atoms with van der Waals surface area (Å²) in [6.45, 7) is 2.01. The Morgan fingerprint density at radius 1 is 1.15 bits per heavy atom. The number of hydrogen-bond acceptors (Lipinski definition) is 3. The normalized spacial score (nSPS) is 13.2. The van der Waals surface area contributed by atoms with Gasteiger partial charge < -0.3 is 5.32 Å². The number of nitrogens with one attached hydrogen (secondary N) is 1. The van der Waals surface area contributed by atoms with Crippen molar-refractivity contribution in [2.24, 2.45) is 0 Å². The fourth-order valence-corrected chi connectivity index (χ4v) is 3.60. The third-order valence-electron chi connectivity index (χ3n) is 2.49. The summed E-state index contributed by atoms with van der Waals surface area (Å²) >= 11 is 4.93. The Morgan fingerprint density at radius 3 is 2.30 bits per heavy atom. The second kappa shape index (κ2) is 6.41. The molecule has 1 nitrogen and oxygen atoms in total. The Bertz CT molecular complexity index is 566. The maximum Gasteiger partial charge on any atom is 0.446 e. The standard InChI is InChI=1S/C13H11BrF3NS2/c1-8(11-6-7-12(14)19-11)18-9-2-4-10(5-3-9)20-13(15,16)17/h2-8,18H,1H3. The van der Waals surface area contributed by atoms with E-state index >= 15 is 0 Å². The van der Waals surface area contributed by atoms with Crippen molar-refractivity contribution in [3.05, 3.63) is 45.1 Å². The van der Waals surface area contributed by atoms with E-state index in [1.807, 2.05) is 19.1 Å². The molecule has 1 N–H and O–H groups in total. The molecule has 0 bridgehead atoms. The largest absolute Gasteiger partial charge is 0.446 e. The van der Waals surface area contributed by atoms with Gasteiger partial charge in [0, 0.05) is 15.5 Å². The van der Waals surface area contributed by atoms with Crippen LogP contribution in [0, 0.1) is 0 Å². The fraction of sp³-hybridized carbons (Fsp3) is 0.231. The zero-order chi connectivity index (χ0) is 14.8. The van der Waals surface area contributed by atoms with Crippen molar-refractivity contribution in [3.8, 4) is 0 Å². The second-order valence-electron chi connectivity index (χ2n) is 4.08. The summed E-state index contributed by atoms with van der Waals surface area (Å²) in [6, 6.07) is 10.4. The number of halogens is 4. The molecule has 7 heteroatoms. The lowest BCUT2D eigenvalue weighted by molar-refractivity contribution is -0.0328. The van der Waals surface area contributed by atoms with Crippen LogP contribution >= 0.6 is 39.0 Å². The third-order valence-corrected chi connectivity index (χ3v) is 5.04. The molecular weight excluding hydrogens is 371 g/mol. The van der Waals surface area contributed by atoms with Crippen molar-refractivity contribution in [2.45, 2.75) is 23.4 Å². The first-order valence-corrected chi connectivity index (χ1v) is 8.14. The van der Waals surface area contributed by atoms with Crippen molar-refractivity contribution in [2.75, 3.05) is 5.32 Å². The zero-order valence-corrected chi connectivity index (χ0v) is 13.6. The first-order chi connectivity index (χ1) is 9.33. The Morgan fingerprint density at radius 2 is 1.80 bits per heavy atom. The van der Waals surface area contributed by atoms with Crippen LogP contribution in [0.3, 0.4) is 0 Å². The van der Waals surface area contributed by atoms with Crippen molar-refractivity contribution >= 4 is 44.7 Å². The monoisotopic (exact) mass is 381 g/mol. The molecule has 2 aromatic rings. The molecule has 0 radical (unpaired) electrons. The van der Waals surface area contributed by atoms with E-state index in [0.717, 1.165) is 14.4 Å². The average Bonchev–Trinajstić information content (AvgIpc) is 2.77. The molecule has 0 saturated carbocycles. The van der Waals surface area contributed by atoms with Gasteiger partial charge in [-0.05, 0) is 71.0 Å². The maximum absolute atomic E-state index is 12.2. The third kappa shape index (κ3) is 4.71. The lowest BCUT2D eigenvalue weighted by Crippen LogP contribution is -2.04. The Labute approximate surface area is 131 Å². The van der Waals surface area contributed by atoms with Crippen LogP contribution in [-0.2, 0) is 0 Å². The average molecular weight is 382 g/mol. The van der Waals surface area contributed by atoms with Gasteiger partial charge in [-0.3, -0.25) is 0 Å². The SMILES string of the molecule is CC(Nc1ccc(SC(F)(F)F)cc1)c1ccc(Br)s1. The minimum Gasteiger partial charge on any atom is -0.378 e. The van der Waals surface area contributed by atoms with Crippen LogP contribution in [0.2, 0.25) is 0 Å². The van der Waals surface area contributed by atoms with Crippen LogP contribution in [0.5, 0.6) is 0 Å². The maximum atomic E-state index is 12.2. The second-order valence-corrected chi connectivity index (χ2v) is 7.71. The van der Waals surface area contributed by atoms with Gasteiger partial charge in [-0.1, -0.05) is 0 Å². The van der Waals surface area contributed by atoms with E-state index in [-0.39, 0.29) is 22.7 Å². The number of hydrogen-bond donors (Lipinski definition) is 1. The molecule has 1 unspecified atom stereocenters. The number of rotatable bonds is 4. The van der Waals surface area contributed by atoms with Gasteiger partial charge in [-0.25, -0.2) is 0 Å². The lowest BCUT2D eigenvalue weighted by atomic mass is 10.2. The van der Waals surface area contributed by atoms with E-state index < -0.39 is 5.51 Å². The molecule has 0 spiro atoms. The van der Waals surface area contributed by atoms with Gasteiger partial charge in [0.1, 0.15) is 0 Å². The van der Waals surface area contributed by atoms with Gasteiger partial charge in [-0.15, -0.1) is 11.3 Å². The molecule has 1 aromatic carbocycles. The molecule has 0 amide bonds. The number of thioether (sulfide) groups is 1. The van der Waals surface area contributed by atoms with E-state index in [1.165, 1.54) is 12.1 Å². The van der Waals surface area contributed by atoms with Crippen molar-refractivity contribution in [1.29, 1.82) is 0 Å². The molecule has 2 rings (SSSR count). The summed E-state index contributed by atoms with van der Waals surface area (Å²) in [7, 11) is 0. The summed E-state index contributed by atoms with van der Waals surface area (Å²) in [6.07, 6.45) is 0. The molecule has 0 aliphatic rings. The smallest absolute Gasteiger partial charge is 0.378 e. The fourth-order valence-electron chi connectivity index (χ4n) is 1.63. The van der Waals surface area contributed by atoms with Gasteiger partial charge in [0.15, 0.2) is 0 Å². The summed E-state index contributed by atoms with van der Waals surface area (Å²) < 4.78 is 37.7. The molecular formula is C13H11BrF3NS2. The number of benzene rings is 1. The van der Waals surface area contributed by atoms with Crippen LogP contribution < -0.4 is 5.32 Å². The highest BCUT2D eigenvalue weighted by Crippen LogP contribution is 2.37. The van der Waals surface area contributed by atoms with Gasteiger partial charge in [0.05, 0.1) is 9.83 Å². The summed E-state index contributed by atoms with van der Waals surface area (Å²) in [4.78, 5) is 1.35. The van der Waals surface area contributed by atoms with Crippen LogP contribution in [0.15, 0.2) is 45.1 Å². The Kier molecular flexibility index (Phi) is 5.04. The van der Waals surface area contributed by atoms with Crippen LogP contribution in [0.4, 0.5) is 18.9 Å². The molecule has 0 aliphatic carbocycles. The van der Waals surface area contributed by atoms with Gasteiger partial charge in [0.2, 0.25) is 0 Å². The number of anilines is 1. The van der Waals surface area contributed by atoms with E-state index in [2.05, 4.69) is 21.2 Å². The van der Waals surface area contributed by atoms with Crippen LogP contribution in [-0.4, -0.2) is 5.51 Å². The first-order valence-electron chi connectivity index (χ1n) is 5.71. The Balaban J connectivity index is 2.00. The van der Waals surface area contributed by atoms with Gasteiger partial charge >= 0.3 is 5.51 Å². The van der Waals surface area contributed by atoms with E-state index in [9.17, 15) is 13.2 Å². The van der Waals surface area contributed by atoms with Crippen molar-refractivity contribution in [1.82, 2.24) is 0 Å². The van der Waals surface area contributed by atoms with Crippen LogP contribution in [0.25, 0.3) is 0 Å². The van der Waals surface area contributed by atoms with Gasteiger partial charge in [0.25, 0.3) is 0 Å². The molecule has 1 atom stereocenters.